The normalized spacial score (nSPS) is 14.7. The molecule has 3 aromatic carbocycles. The summed E-state index contributed by atoms with van der Waals surface area (Å²) < 4.78 is 50.8. The number of carbonyl (C=O) groups excluding carboxylic acids is 1. The van der Waals surface area contributed by atoms with Crippen molar-refractivity contribution in [1.82, 2.24) is 0 Å². The molecular weight excluding hydrogens is 553 g/mol. The Bertz CT molecular complexity index is 1520. The topological polar surface area (TPSA) is 81.9 Å². The van der Waals surface area contributed by atoms with E-state index in [1.54, 1.807) is 25.1 Å². The summed E-state index contributed by atoms with van der Waals surface area (Å²) in [4.78, 5) is 25.5. The van der Waals surface area contributed by atoms with Crippen molar-refractivity contribution in [2.24, 2.45) is 0 Å². The highest BCUT2D eigenvalue weighted by Gasteiger charge is 2.34. The van der Waals surface area contributed by atoms with Crippen molar-refractivity contribution in [2.75, 3.05) is 11.5 Å². The number of thioether (sulfide) groups is 1. The fourth-order valence-corrected chi connectivity index (χ4v) is 5.01. The molecule has 202 valence electrons. The molecule has 1 amide bonds. The van der Waals surface area contributed by atoms with Gasteiger partial charge < -0.3 is 9.47 Å². The van der Waals surface area contributed by atoms with Crippen LogP contribution in [0.15, 0.2) is 59.5 Å². The summed E-state index contributed by atoms with van der Waals surface area (Å²) in [6, 6.07) is 12.3. The average molecular weight is 575 g/mol. The number of benzene rings is 3. The lowest BCUT2D eigenvalue weighted by atomic mass is 10.1. The predicted octanol–water partition coefficient (Wildman–Crippen LogP) is 7.83. The van der Waals surface area contributed by atoms with Crippen LogP contribution >= 0.6 is 24.0 Å². The largest absolute Gasteiger partial charge is 0.490 e. The van der Waals surface area contributed by atoms with Crippen LogP contribution in [0.5, 0.6) is 17.2 Å². The Labute approximate surface area is 231 Å². The van der Waals surface area contributed by atoms with E-state index in [0.29, 0.717) is 32.6 Å². The first-order valence-corrected chi connectivity index (χ1v) is 12.8. The van der Waals surface area contributed by atoms with Gasteiger partial charge in [0.25, 0.3) is 5.91 Å². The number of ether oxygens (including phenoxy) is 2. The first kappa shape index (κ1) is 28.1. The molecule has 0 aromatic heterocycles. The number of hydrogen-bond acceptors (Lipinski definition) is 7. The number of hydrogen-bond donors (Lipinski definition) is 0. The summed E-state index contributed by atoms with van der Waals surface area (Å²) in [6.07, 6.45) is -3.12. The van der Waals surface area contributed by atoms with Gasteiger partial charge in [0.2, 0.25) is 5.75 Å². The molecule has 39 heavy (non-hydrogen) atoms. The van der Waals surface area contributed by atoms with Crippen molar-refractivity contribution in [1.29, 1.82) is 0 Å². The van der Waals surface area contributed by atoms with E-state index in [-0.39, 0.29) is 29.8 Å². The molecule has 0 aliphatic carbocycles. The molecule has 12 heteroatoms. The Morgan fingerprint density at radius 1 is 1.03 bits per heavy atom. The van der Waals surface area contributed by atoms with Gasteiger partial charge in [-0.1, -0.05) is 36.1 Å². The van der Waals surface area contributed by atoms with Crippen molar-refractivity contribution in [2.45, 2.75) is 26.9 Å². The van der Waals surface area contributed by atoms with Crippen LogP contribution in [0, 0.1) is 24.0 Å². The van der Waals surface area contributed by atoms with E-state index in [4.69, 9.17) is 21.7 Å². The summed E-state index contributed by atoms with van der Waals surface area (Å²) in [5, 5.41) is 11.4. The molecule has 0 spiro atoms. The molecule has 1 aliphatic heterocycles. The SMILES string of the molecule is CCOc1cc(/C=C2/SC(=S)N(c3ccc(C)c(C)c3)C2=O)ccc1Oc1ccc(C(F)(F)F)cc1[N+](=O)[O-]. The Morgan fingerprint density at radius 3 is 2.38 bits per heavy atom. The van der Waals surface area contributed by atoms with E-state index in [1.165, 1.54) is 11.0 Å². The van der Waals surface area contributed by atoms with E-state index in [0.717, 1.165) is 29.0 Å². The molecule has 0 atom stereocenters. The maximum Gasteiger partial charge on any atom is 0.416 e. The first-order chi connectivity index (χ1) is 18.4. The van der Waals surface area contributed by atoms with Crippen LogP contribution in [0.3, 0.4) is 0 Å². The van der Waals surface area contributed by atoms with Crippen molar-refractivity contribution < 1.29 is 32.4 Å². The summed E-state index contributed by atoms with van der Waals surface area (Å²) in [7, 11) is 0. The van der Waals surface area contributed by atoms with Crippen LogP contribution in [0.1, 0.15) is 29.2 Å². The quantitative estimate of drug-likeness (QED) is 0.123. The lowest BCUT2D eigenvalue weighted by molar-refractivity contribution is -0.385. The summed E-state index contributed by atoms with van der Waals surface area (Å²) >= 11 is 6.60. The van der Waals surface area contributed by atoms with Crippen molar-refractivity contribution in [3.05, 3.63) is 91.9 Å². The van der Waals surface area contributed by atoms with Gasteiger partial charge in [0.1, 0.15) is 0 Å². The highest BCUT2D eigenvalue weighted by molar-refractivity contribution is 8.27. The van der Waals surface area contributed by atoms with Crippen LogP contribution in [0.4, 0.5) is 24.5 Å². The maximum atomic E-state index is 13.2. The van der Waals surface area contributed by atoms with Gasteiger partial charge >= 0.3 is 11.9 Å². The van der Waals surface area contributed by atoms with Crippen molar-refractivity contribution in [3.8, 4) is 17.2 Å². The second-order valence-corrected chi connectivity index (χ2v) is 10.1. The molecule has 1 heterocycles. The number of rotatable bonds is 7. The van der Waals surface area contributed by atoms with E-state index < -0.39 is 22.4 Å². The molecule has 7 nitrogen and oxygen atoms in total. The number of amides is 1. The van der Waals surface area contributed by atoms with Gasteiger partial charge in [-0.25, -0.2) is 0 Å². The third kappa shape index (κ3) is 6.07. The molecule has 3 aromatic rings. The van der Waals surface area contributed by atoms with Crippen molar-refractivity contribution >= 4 is 51.7 Å². The lowest BCUT2D eigenvalue weighted by Gasteiger charge is -2.16. The molecule has 0 radical (unpaired) electrons. The maximum absolute atomic E-state index is 13.2. The molecular formula is C27H21F3N2O5S2. The van der Waals surface area contributed by atoms with E-state index in [1.807, 2.05) is 32.0 Å². The standard InChI is InChI=1S/C27H21F3N2O5S2/c1-4-36-23-12-17(13-24-25(33)31(26(38)39-24)19-8-5-15(2)16(3)11-19)6-9-22(23)37-21-10-7-18(27(28,29)30)14-20(21)32(34)35/h5-14H,4H2,1-3H3/b24-13+. The number of carbonyl (C=O) groups is 1. The monoisotopic (exact) mass is 574 g/mol. The lowest BCUT2D eigenvalue weighted by Crippen LogP contribution is -2.27. The minimum atomic E-state index is -4.75. The van der Waals surface area contributed by atoms with Gasteiger partial charge in [-0.05, 0) is 79.9 Å². The number of nitro benzene ring substituents is 1. The van der Waals surface area contributed by atoms with E-state index >= 15 is 0 Å². The Balaban J connectivity index is 1.64. The number of anilines is 1. The molecule has 1 saturated heterocycles. The third-order valence-electron chi connectivity index (χ3n) is 5.81. The van der Waals surface area contributed by atoms with E-state index in [2.05, 4.69) is 0 Å². The molecule has 0 N–H and O–H groups in total. The zero-order valence-corrected chi connectivity index (χ0v) is 22.5. The van der Waals surface area contributed by atoms with Gasteiger partial charge in [0.05, 0.1) is 27.7 Å². The summed E-state index contributed by atoms with van der Waals surface area (Å²) in [5.41, 5.74) is 1.34. The second kappa shape index (κ2) is 11.1. The minimum Gasteiger partial charge on any atom is -0.490 e. The molecule has 4 rings (SSSR count). The molecule has 1 fully saturated rings. The fourth-order valence-electron chi connectivity index (χ4n) is 3.71. The molecule has 0 bridgehead atoms. The Kier molecular flexibility index (Phi) is 7.98. The van der Waals surface area contributed by atoms with Gasteiger partial charge in [-0.3, -0.25) is 19.8 Å². The highest BCUT2D eigenvalue weighted by atomic mass is 32.2. The van der Waals surface area contributed by atoms with Crippen LogP contribution in [0.2, 0.25) is 0 Å². The third-order valence-corrected chi connectivity index (χ3v) is 7.11. The zero-order valence-electron chi connectivity index (χ0n) is 20.9. The number of nitro groups is 1. The number of aryl methyl sites for hydroxylation is 2. The zero-order chi connectivity index (χ0) is 28.5. The number of thiocarbonyl (C=S) groups is 1. The highest BCUT2D eigenvalue weighted by Crippen LogP contribution is 2.41. The van der Waals surface area contributed by atoms with Crippen LogP contribution in [-0.4, -0.2) is 21.8 Å². The second-order valence-electron chi connectivity index (χ2n) is 8.46. The summed E-state index contributed by atoms with van der Waals surface area (Å²) in [5.74, 6) is -0.424. The van der Waals surface area contributed by atoms with Crippen molar-refractivity contribution in [3.63, 3.8) is 0 Å². The number of alkyl halides is 3. The predicted molar refractivity (Wildman–Crippen MR) is 147 cm³/mol. The average Bonchev–Trinajstić information content (AvgIpc) is 3.14. The Morgan fingerprint density at radius 2 is 1.74 bits per heavy atom. The fraction of sp³-hybridized carbons (Fsp3) is 0.185. The Hall–Kier alpha value is -3.90. The first-order valence-electron chi connectivity index (χ1n) is 11.5. The van der Waals surface area contributed by atoms with Crippen LogP contribution in [0.25, 0.3) is 6.08 Å². The van der Waals surface area contributed by atoms with E-state index in [9.17, 15) is 28.1 Å². The molecule has 0 saturated carbocycles. The van der Waals surface area contributed by atoms with Gasteiger partial charge in [0.15, 0.2) is 15.8 Å². The van der Waals surface area contributed by atoms with Crippen LogP contribution in [-0.2, 0) is 11.0 Å². The van der Waals surface area contributed by atoms with Gasteiger partial charge in [-0.15, -0.1) is 0 Å². The molecule has 1 aliphatic rings. The van der Waals surface area contributed by atoms with Crippen LogP contribution < -0.4 is 14.4 Å². The smallest absolute Gasteiger partial charge is 0.416 e. The van der Waals surface area contributed by atoms with Gasteiger partial charge in [0, 0.05) is 6.07 Å². The summed E-state index contributed by atoms with van der Waals surface area (Å²) in [6.45, 7) is 5.85. The number of nitrogens with zero attached hydrogens (tertiary/aromatic N) is 2. The number of halogens is 3. The van der Waals surface area contributed by atoms with Gasteiger partial charge in [-0.2, -0.15) is 13.2 Å². The molecule has 0 unspecified atom stereocenters. The minimum absolute atomic E-state index is 0.0551.